The van der Waals surface area contributed by atoms with Crippen LogP contribution in [0.2, 0.25) is 0 Å². The van der Waals surface area contributed by atoms with Crippen molar-refractivity contribution in [2.75, 3.05) is 12.0 Å². The van der Waals surface area contributed by atoms with Gasteiger partial charge in [0.1, 0.15) is 0 Å². The number of benzene rings is 1. The van der Waals surface area contributed by atoms with Gasteiger partial charge in [0.05, 0.1) is 5.69 Å². The van der Waals surface area contributed by atoms with Crippen LogP contribution in [-0.4, -0.2) is 17.5 Å². The van der Waals surface area contributed by atoms with Crippen LogP contribution in [0.3, 0.4) is 0 Å². The zero-order valence-corrected chi connectivity index (χ0v) is 8.94. The number of hydrogen-bond donors (Lipinski definition) is 1. The van der Waals surface area contributed by atoms with Gasteiger partial charge in [0, 0.05) is 13.0 Å². The Morgan fingerprint density at radius 2 is 2.07 bits per heavy atom. The van der Waals surface area contributed by atoms with Crippen LogP contribution < -0.4 is 5.43 Å². The lowest BCUT2D eigenvalue weighted by atomic mass is 10.00. The lowest BCUT2D eigenvalue weighted by Crippen LogP contribution is -2.41. The largest absolute Gasteiger partial charge is 0.296 e. The van der Waals surface area contributed by atoms with E-state index in [1.165, 1.54) is 0 Å². The van der Waals surface area contributed by atoms with Crippen molar-refractivity contribution in [1.29, 1.82) is 0 Å². The van der Waals surface area contributed by atoms with Gasteiger partial charge in [-0.15, -0.1) is 0 Å². The molecule has 80 valence electrons. The first-order valence-corrected chi connectivity index (χ1v) is 5.38. The van der Waals surface area contributed by atoms with Crippen molar-refractivity contribution in [3.8, 4) is 0 Å². The monoisotopic (exact) mass is 204 g/mol. The molecule has 0 saturated carbocycles. The van der Waals surface area contributed by atoms with Crippen molar-refractivity contribution >= 4 is 11.6 Å². The van der Waals surface area contributed by atoms with Crippen molar-refractivity contribution < 1.29 is 4.79 Å². The summed E-state index contributed by atoms with van der Waals surface area (Å²) in [4.78, 5) is 11.7. The van der Waals surface area contributed by atoms with Gasteiger partial charge in [-0.1, -0.05) is 25.1 Å². The first-order chi connectivity index (χ1) is 7.25. The minimum Gasteiger partial charge on any atom is -0.296 e. The lowest BCUT2D eigenvalue weighted by Gasteiger charge is -2.30. The van der Waals surface area contributed by atoms with Gasteiger partial charge in [0.25, 0.3) is 0 Å². The molecule has 0 bridgehead atoms. The van der Waals surface area contributed by atoms with Gasteiger partial charge in [-0.2, -0.15) is 0 Å². The molecule has 1 fully saturated rings. The number of hydrogen-bond acceptors (Lipinski definition) is 2. The molecule has 1 unspecified atom stereocenters. The number of carbonyl (C=O) groups is 1. The van der Waals surface area contributed by atoms with Gasteiger partial charge < -0.3 is 0 Å². The Kier molecular flexibility index (Phi) is 2.90. The number of carbonyl (C=O) groups excluding carboxylic acids is 1. The van der Waals surface area contributed by atoms with E-state index in [9.17, 15) is 4.79 Å². The number of nitrogens with one attached hydrogen (secondary N) is 1. The molecule has 1 heterocycles. The summed E-state index contributed by atoms with van der Waals surface area (Å²) in [6.07, 6.45) is 1.73. The second kappa shape index (κ2) is 4.34. The standard InChI is InChI=1S/C12H16N2O/c1-10-7-8-14(12(15)9-10)13-11-5-3-2-4-6-11/h2-6,10,13H,7-9H2,1H3. The molecule has 3 heteroatoms. The smallest absolute Gasteiger partial charge is 0.241 e. The fourth-order valence-electron chi connectivity index (χ4n) is 1.77. The topological polar surface area (TPSA) is 32.3 Å². The molecule has 0 radical (unpaired) electrons. The summed E-state index contributed by atoms with van der Waals surface area (Å²) in [5.74, 6) is 0.712. The number of nitrogens with zero attached hydrogens (tertiary/aromatic N) is 1. The molecule has 15 heavy (non-hydrogen) atoms. The lowest BCUT2D eigenvalue weighted by molar-refractivity contribution is -0.133. The zero-order chi connectivity index (χ0) is 10.7. The summed E-state index contributed by atoms with van der Waals surface area (Å²) in [5.41, 5.74) is 4.11. The fraction of sp³-hybridized carbons (Fsp3) is 0.417. The van der Waals surface area contributed by atoms with Crippen LogP contribution >= 0.6 is 0 Å². The second-order valence-corrected chi connectivity index (χ2v) is 4.12. The van der Waals surface area contributed by atoms with Crippen LogP contribution in [0.25, 0.3) is 0 Å². The summed E-state index contributed by atoms with van der Waals surface area (Å²) in [7, 11) is 0. The maximum absolute atomic E-state index is 11.7. The van der Waals surface area contributed by atoms with Crippen LogP contribution in [0.4, 0.5) is 5.69 Å². The van der Waals surface area contributed by atoms with Crippen molar-refractivity contribution in [1.82, 2.24) is 5.01 Å². The highest BCUT2D eigenvalue weighted by atomic mass is 16.2. The summed E-state index contributed by atoms with van der Waals surface area (Å²) in [6.45, 7) is 2.92. The van der Waals surface area contributed by atoms with E-state index in [1.54, 1.807) is 5.01 Å². The van der Waals surface area contributed by atoms with Crippen molar-refractivity contribution in [3.63, 3.8) is 0 Å². The van der Waals surface area contributed by atoms with E-state index in [1.807, 2.05) is 30.3 Å². The number of para-hydroxylation sites is 1. The normalized spacial score (nSPS) is 21.5. The van der Waals surface area contributed by atoms with Gasteiger partial charge in [-0.05, 0) is 24.5 Å². The molecular formula is C12H16N2O. The first-order valence-electron chi connectivity index (χ1n) is 5.38. The molecule has 1 saturated heterocycles. The van der Waals surface area contributed by atoms with E-state index < -0.39 is 0 Å². The molecule has 1 atom stereocenters. The van der Waals surface area contributed by atoms with E-state index in [0.29, 0.717) is 12.3 Å². The molecule has 2 rings (SSSR count). The minimum absolute atomic E-state index is 0.192. The third-order valence-corrected chi connectivity index (χ3v) is 2.71. The van der Waals surface area contributed by atoms with Crippen LogP contribution in [0.1, 0.15) is 19.8 Å². The molecule has 0 spiro atoms. The number of piperidine rings is 1. The summed E-state index contributed by atoms with van der Waals surface area (Å²) in [6, 6.07) is 9.81. The highest BCUT2D eigenvalue weighted by molar-refractivity contribution is 5.78. The van der Waals surface area contributed by atoms with Crippen LogP contribution in [0.15, 0.2) is 30.3 Å². The molecule has 1 N–H and O–H groups in total. The molecule has 1 aliphatic heterocycles. The summed E-state index contributed by atoms with van der Waals surface area (Å²) in [5, 5.41) is 1.72. The first kappa shape index (κ1) is 10.0. The van der Waals surface area contributed by atoms with E-state index in [2.05, 4.69) is 12.3 Å². The maximum atomic E-state index is 11.7. The Morgan fingerprint density at radius 1 is 1.33 bits per heavy atom. The number of rotatable bonds is 2. The van der Waals surface area contributed by atoms with E-state index in [-0.39, 0.29) is 5.91 Å². The van der Waals surface area contributed by atoms with Gasteiger partial charge in [-0.25, -0.2) is 0 Å². The third kappa shape index (κ3) is 2.49. The molecular weight excluding hydrogens is 188 g/mol. The van der Waals surface area contributed by atoms with Crippen molar-refractivity contribution in [2.45, 2.75) is 19.8 Å². The number of hydrazine groups is 1. The number of amides is 1. The molecule has 1 amide bonds. The highest BCUT2D eigenvalue weighted by Gasteiger charge is 2.22. The number of anilines is 1. The van der Waals surface area contributed by atoms with Gasteiger partial charge in [0.2, 0.25) is 5.91 Å². The van der Waals surface area contributed by atoms with Crippen LogP contribution in [0.5, 0.6) is 0 Å². The van der Waals surface area contributed by atoms with Crippen LogP contribution in [0, 0.1) is 5.92 Å². The zero-order valence-electron chi connectivity index (χ0n) is 8.94. The summed E-state index contributed by atoms with van der Waals surface area (Å²) >= 11 is 0. The van der Waals surface area contributed by atoms with Crippen LogP contribution in [-0.2, 0) is 4.79 Å². The third-order valence-electron chi connectivity index (χ3n) is 2.71. The average molecular weight is 204 g/mol. The van der Waals surface area contributed by atoms with Crippen molar-refractivity contribution in [2.24, 2.45) is 5.92 Å². The van der Waals surface area contributed by atoms with Gasteiger partial charge in [-0.3, -0.25) is 15.2 Å². The molecule has 3 nitrogen and oxygen atoms in total. The van der Waals surface area contributed by atoms with Gasteiger partial charge >= 0.3 is 0 Å². The predicted octanol–water partition coefficient (Wildman–Crippen LogP) is 2.27. The molecule has 0 aliphatic carbocycles. The Labute approximate surface area is 90.1 Å². The fourth-order valence-corrected chi connectivity index (χ4v) is 1.77. The van der Waals surface area contributed by atoms with E-state index >= 15 is 0 Å². The minimum atomic E-state index is 0.192. The Hall–Kier alpha value is -1.51. The summed E-state index contributed by atoms with van der Waals surface area (Å²) < 4.78 is 0. The molecule has 1 aromatic carbocycles. The molecule has 1 aliphatic rings. The molecule has 1 aromatic rings. The maximum Gasteiger partial charge on any atom is 0.241 e. The van der Waals surface area contributed by atoms with E-state index in [0.717, 1.165) is 18.7 Å². The quantitative estimate of drug-likeness (QED) is 0.801. The second-order valence-electron chi connectivity index (χ2n) is 4.12. The Bertz CT molecular complexity index is 337. The Morgan fingerprint density at radius 3 is 2.73 bits per heavy atom. The molecule has 0 aromatic heterocycles. The Balaban J connectivity index is 1.98. The average Bonchev–Trinajstić information content (AvgIpc) is 2.24. The predicted molar refractivity (Wildman–Crippen MR) is 60.2 cm³/mol. The van der Waals surface area contributed by atoms with Crippen molar-refractivity contribution in [3.05, 3.63) is 30.3 Å². The van der Waals surface area contributed by atoms with E-state index in [4.69, 9.17) is 0 Å². The SMILES string of the molecule is CC1CCN(Nc2ccccc2)C(=O)C1. The highest BCUT2D eigenvalue weighted by Crippen LogP contribution is 2.18. The van der Waals surface area contributed by atoms with Gasteiger partial charge in [0.15, 0.2) is 0 Å².